The van der Waals surface area contributed by atoms with Crippen molar-refractivity contribution in [1.29, 1.82) is 0 Å². The topological polar surface area (TPSA) is 67.7 Å². The van der Waals surface area contributed by atoms with Crippen molar-refractivity contribution in [2.45, 2.75) is 26.4 Å². The molecule has 7 nitrogen and oxygen atoms in total. The van der Waals surface area contributed by atoms with Gasteiger partial charge in [0, 0.05) is 71.0 Å². The molecule has 2 amide bonds. The summed E-state index contributed by atoms with van der Waals surface area (Å²) in [6.07, 6.45) is 3.68. The Morgan fingerprint density at radius 3 is 2.52 bits per heavy atom. The number of hydrogen-bond donors (Lipinski definition) is 0. The number of rotatable bonds is 5. The normalized spacial score (nSPS) is 20.5. The summed E-state index contributed by atoms with van der Waals surface area (Å²) in [5.74, 6) is 0.0159. The van der Waals surface area contributed by atoms with E-state index < -0.39 is 0 Å². The van der Waals surface area contributed by atoms with Gasteiger partial charge in [-0.05, 0) is 19.9 Å². The average Bonchev–Trinajstić information content (AvgIpc) is 3.07. The van der Waals surface area contributed by atoms with Gasteiger partial charge < -0.3 is 14.5 Å². The van der Waals surface area contributed by atoms with Crippen LogP contribution in [0.2, 0.25) is 0 Å². The predicted octanol–water partition coefficient (Wildman–Crippen LogP) is 1.00. The van der Waals surface area contributed by atoms with E-state index in [0.717, 1.165) is 17.0 Å². The zero-order valence-corrected chi connectivity index (χ0v) is 15.9. The van der Waals surface area contributed by atoms with Crippen molar-refractivity contribution in [2.75, 3.05) is 34.3 Å². The first kappa shape index (κ1) is 19.2. The second kappa shape index (κ2) is 7.82. The van der Waals surface area contributed by atoms with Crippen LogP contribution in [0.15, 0.2) is 6.08 Å². The van der Waals surface area contributed by atoms with Gasteiger partial charge in [0.25, 0.3) is 0 Å². The van der Waals surface area contributed by atoms with E-state index in [1.165, 1.54) is 0 Å². The zero-order valence-electron chi connectivity index (χ0n) is 15.9. The number of nitrogens with zero attached hydrogens (tertiary/aromatic N) is 4. The highest BCUT2D eigenvalue weighted by Crippen LogP contribution is 2.24. The minimum absolute atomic E-state index is 0.0270. The van der Waals surface area contributed by atoms with Crippen molar-refractivity contribution in [3.05, 3.63) is 23.0 Å². The lowest BCUT2D eigenvalue weighted by atomic mass is 10.0. The van der Waals surface area contributed by atoms with Crippen LogP contribution < -0.4 is 0 Å². The van der Waals surface area contributed by atoms with Gasteiger partial charge in [0.15, 0.2) is 0 Å². The van der Waals surface area contributed by atoms with E-state index in [-0.39, 0.29) is 23.8 Å². The van der Waals surface area contributed by atoms with Crippen LogP contribution in [0.25, 0.3) is 6.08 Å². The molecule has 25 heavy (non-hydrogen) atoms. The molecule has 0 saturated carbocycles. The van der Waals surface area contributed by atoms with Crippen LogP contribution in [0.3, 0.4) is 0 Å². The number of hydrogen-bond acceptors (Lipinski definition) is 4. The van der Waals surface area contributed by atoms with E-state index in [1.807, 2.05) is 27.0 Å². The van der Waals surface area contributed by atoms with Crippen molar-refractivity contribution in [3.8, 4) is 0 Å². The van der Waals surface area contributed by atoms with Gasteiger partial charge in [-0.25, -0.2) is 0 Å². The number of ether oxygens (including phenoxy) is 1. The number of amides is 2. The van der Waals surface area contributed by atoms with Crippen molar-refractivity contribution in [3.63, 3.8) is 0 Å². The van der Waals surface area contributed by atoms with E-state index in [2.05, 4.69) is 5.10 Å². The molecule has 2 atom stereocenters. The lowest BCUT2D eigenvalue weighted by Crippen LogP contribution is -2.29. The summed E-state index contributed by atoms with van der Waals surface area (Å²) in [5, 5.41) is 4.35. The SMILES string of the molecule is CO[C@H]1CN(C(=O)/C=C/c2c(C)nn(C)c2C)C[C@@H]1CC(=O)N(C)C. The highest BCUT2D eigenvalue weighted by atomic mass is 16.5. The van der Waals surface area contributed by atoms with Crippen molar-refractivity contribution in [2.24, 2.45) is 13.0 Å². The molecule has 0 spiro atoms. The first-order chi connectivity index (χ1) is 11.7. The Balaban J connectivity index is 2.05. The Kier molecular flexibility index (Phi) is 6.00. The summed E-state index contributed by atoms with van der Waals surface area (Å²) in [4.78, 5) is 27.8. The van der Waals surface area contributed by atoms with Gasteiger partial charge in [0.1, 0.15) is 0 Å². The Morgan fingerprint density at radius 2 is 2.00 bits per heavy atom. The van der Waals surface area contributed by atoms with Crippen LogP contribution >= 0.6 is 0 Å². The Morgan fingerprint density at radius 1 is 1.32 bits per heavy atom. The lowest BCUT2D eigenvalue weighted by molar-refractivity contribution is -0.130. The standard InChI is InChI=1S/C18H28N4O3/c1-12-15(13(2)21(5)19-12)7-8-17(23)22-10-14(16(11-22)25-6)9-18(24)20(3)4/h7-8,14,16H,9-11H2,1-6H3/b8-7+/t14-,16-/m0/s1. The minimum Gasteiger partial charge on any atom is -0.379 e. The molecule has 1 aliphatic rings. The van der Waals surface area contributed by atoms with Crippen molar-refractivity contribution >= 4 is 17.9 Å². The van der Waals surface area contributed by atoms with Crippen LogP contribution in [0.5, 0.6) is 0 Å². The molecule has 1 aromatic rings. The molecule has 1 fully saturated rings. The molecule has 1 aromatic heterocycles. The van der Waals surface area contributed by atoms with Gasteiger partial charge in [0.2, 0.25) is 11.8 Å². The molecule has 1 aliphatic heterocycles. The Hall–Kier alpha value is -2.15. The van der Waals surface area contributed by atoms with E-state index in [9.17, 15) is 9.59 Å². The monoisotopic (exact) mass is 348 g/mol. The van der Waals surface area contributed by atoms with Gasteiger partial charge in [0.05, 0.1) is 11.8 Å². The predicted molar refractivity (Wildman–Crippen MR) is 95.9 cm³/mol. The molecule has 138 valence electrons. The maximum atomic E-state index is 12.5. The van der Waals surface area contributed by atoms with E-state index in [4.69, 9.17) is 4.74 Å². The maximum absolute atomic E-state index is 12.5. The average molecular weight is 348 g/mol. The molecule has 0 unspecified atom stereocenters. The van der Waals surface area contributed by atoms with Crippen LogP contribution in [-0.2, 0) is 21.4 Å². The number of likely N-dealkylation sites (tertiary alicyclic amines) is 1. The van der Waals surface area contributed by atoms with Gasteiger partial charge in [-0.3, -0.25) is 14.3 Å². The van der Waals surface area contributed by atoms with Gasteiger partial charge >= 0.3 is 0 Å². The Labute approximate surface area is 149 Å². The van der Waals surface area contributed by atoms with Gasteiger partial charge in [-0.2, -0.15) is 5.10 Å². The molecule has 0 aliphatic carbocycles. The highest BCUT2D eigenvalue weighted by molar-refractivity contribution is 5.92. The number of methoxy groups -OCH3 is 1. The summed E-state index contributed by atoms with van der Waals surface area (Å²) in [6.45, 7) is 4.95. The molecule has 0 radical (unpaired) electrons. The molecule has 2 rings (SSSR count). The third kappa shape index (κ3) is 4.28. The number of aryl methyl sites for hydroxylation is 2. The van der Waals surface area contributed by atoms with Gasteiger partial charge in [-0.15, -0.1) is 0 Å². The molecule has 0 aromatic carbocycles. The zero-order chi connectivity index (χ0) is 18.7. The fourth-order valence-corrected chi connectivity index (χ4v) is 3.18. The van der Waals surface area contributed by atoms with Gasteiger partial charge in [-0.1, -0.05) is 0 Å². The smallest absolute Gasteiger partial charge is 0.246 e. The summed E-state index contributed by atoms with van der Waals surface area (Å²) in [7, 11) is 6.99. The first-order valence-corrected chi connectivity index (χ1v) is 8.44. The number of carbonyl (C=O) groups is 2. The highest BCUT2D eigenvalue weighted by Gasteiger charge is 2.36. The van der Waals surface area contributed by atoms with E-state index in [1.54, 1.807) is 41.8 Å². The molecule has 0 bridgehead atoms. The fourth-order valence-electron chi connectivity index (χ4n) is 3.18. The van der Waals surface area contributed by atoms with E-state index in [0.29, 0.717) is 19.5 Å². The third-order valence-corrected chi connectivity index (χ3v) is 4.89. The second-order valence-corrected chi connectivity index (χ2v) is 6.81. The molecular formula is C18H28N4O3. The molecule has 7 heteroatoms. The molecule has 2 heterocycles. The van der Waals surface area contributed by atoms with Crippen molar-refractivity contribution in [1.82, 2.24) is 19.6 Å². The lowest BCUT2D eigenvalue weighted by Gasteiger charge is -2.18. The van der Waals surface area contributed by atoms with Crippen molar-refractivity contribution < 1.29 is 14.3 Å². The van der Waals surface area contributed by atoms with Crippen LogP contribution in [0, 0.1) is 19.8 Å². The van der Waals surface area contributed by atoms with E-state index >= 15 is 0 Å². The summed E-state index contributed by atoms with van der Waals surface area (Å²) < 4.78 is 7.29. The largest absolute Gasteiger partial charge is 0.379 e. The van der Waals surface area contributed by atoms with Crippen LogP contribution in [0.1, 0.15) is 23.4 Å². The summed E-state index contributed by atoms with van der Waals surface area (Å²) in [6, 6.07) is 0. The minimum atomic E-state index is -0.108. The van der Waals surface area contributed by atoms with Crippen LogP contribution in [0.4, 0.5) is 0 Å². The fraction of sp³-hybridized carbons (Fsp3) is 0.611. The first-order valence-electron chi connectivity index (χ1n) is 8.44. The molecule has 0 N–H and O–H groups in total. The van der Waals surface area contributed by atoms with Crippen LogP contribution in [-0.4, -0.2) is 71.8 Å². The quantitative estimate of drug-likeness (QED) is 0.745. The summed E-state index contributed by atoms with van der Waals surface area (Å²) in [5.41, 5.74) is 2.89. The maximum Gasteiger partial charge on any atom is 0.246 e. The number of aromatic nitrogens is 2. The number of carbonyl (C=O) groups excluding carboxylic acids is 2. The Bertz CT molecular complexity index is 678. The third-order valence-electron chi connectivity index (χ3n) is 4.89. The molecule has 1 saturated heterocycles. The second-order valence-electron chi connectivity index (χ2n) is 6.81. The molecular weight excluding hydrogens is 320 g/mol. The summed E-state index contributed by atoms with van der Waals surface area (Å²) >= 11 is 0.